The lowest BCUT2D eigenvalue weighted by molar-refractivity contribution is -0.154. The van der Waals surface area contributed by atoms with Gasteiger partial charge in [-0.25, -0.2) is 0 Å². The Morgan fingerprint density at radius 1 is 1.43 bits per heavy atom. The molecule has 0 bridgehead atoms. The Kier molecular flexibility index (Phi) is 6.12. The van der Waals surface area contributed by atoms with Gasteiger partial charge in [-0.05, 0) is 12.3 Å². The van der Waals surface area contributed by atoms with Gasteiger partial charge in [-0.3, -0.25) is 9.59 Å². The van der Waals surface area contributed by atoms with E-state index in [1.165, 1.54) is 0 Å². The minimum atomic E-state index is -0.655. The molecule has 0 saturated carbocycles. The van der Waals surface area contributed by atoms with Gasteiger partial charge >= 0.3 is 5.97 Å². The maximum Gasteiger partial charge on any atom is 0.323 e. The molecule has 0 saturated heterocycles. The van der Waals surface area contributed by atoms with Crippen LogP contribution in [0.5, 0.6) is 0 Å². The van der Waals surface area contributed by atoms with Gasteiger partial charge in [0.15, 0.2) is 12.4 Å². The number of hydrogen-bond acceptors (Lipinski definition) is 4. The van der Waals surface area contributed by atoms with Gasteiger partial charge in [0.05, 0.1) is 0 Å². The van der Waals surface area contributed by atoms with Crippen molar-refractivity contribution in [2.75, 3.05) is 0 Å². The number of carbonyl (C=O) groups excluding carboxylic acids is 2. The summed E-state index contributed by atoms with van der Waals surface area (Å²) in [5.74, 6) is -0.412. The van der Waals surface area contributed by atoms with Crippen LogP contribution in [0.2, 0.25) is 0 Å². The van der Waals surface area contributed by atoms with Gasteiger partial charge in [-0.2, -0.15) is 0 Å². The van der Waals surface area contributed by atoms with Crippen LogP contribution in [0.3, 0.4) is 0 Å². The van der Waals surface area contributed by atoms with E-state index in [0.29, 0.717) is 12.7 Å². The minimum Gasteiger partial charge on any atom is -0.454 e. The van der Waals surface area contributed by atoms with Crippen molar-refractivity contribution in [3.8, 4) is 0 Å². The van der Waals surface area contributed by atoms with Crippen LogP contribution in [0.15, 0.2) is 0 Å². The topological polar surface area (TPSA) is 69.4 Å². The molecule has 0 amide bonds. The van der Waals surface area contributed by atoms with Crippen molar-refractivity contribution < 1.29 is 14.3 Å². The molecule has 14 heavy (non-hydrogen) atoms. The molecular weight excluding hydrogens is 182 g/mol. The van der Waals surface area contributed by atoms with Crippen molar-refractivity contribution in [2.24, 2.45) is 11.7 Å². The Balaban J connectivity index is 4.12. The Hall–Kier alpha value is -0.900. The Bertz CT molecular complexity index is 194. The van der Waals surface area contributed by atoms with E-state index in [9.17, 15) is 9.59 Å². The summed E-state index contributed by atoms with van der Waals surface area (Å²) < 4.78 is 4.90. The maximum absolute atomic E-state index is 11.4. The zero-order valence-corrected chi connectivity index (χ0v) is 9.03. The van der Waals surface area contributed by atoms with Crippen LogP contribution in [-0.4, -0.2) is 24.4 Å². The molecule has 0 aliphatic carbocycles. The number of hydrogen-bond donors (Lipinski definition) is 1. The molecule has 0 fully saturated rings. The number of aldehydes is 1. The molecule has 3 atom stereocenters. The van der Waals surface area contributed by atoms with Crippen molar-refractivity contribution in [3.63, 3.8) is 0 Å². The molecule has 0 spiro atoms. The SMILES string of the molecule is CCC(C=O)OC(=O)[C@@H](N)C(C)CC. The summed E-state index contributed by atoms with van der Waals surface area (Å²) in [6.45, 7) is 5.61. The van der Waals surface area contributed by atoms with E-state index in [-0.39, 0.29) is 5.92 Å². The van der Waals surface area contributed by atoms with E-state index in [1.54, 1.807) is 6.92 Å². The third-order valence-corrected chi connectivity index (χ3v) is 2.35. The highest BCUT2D eigenvalue weighted by Crippen LogP contribution is 2.08. The molecule has 2 N–H and O–H groups in total. The van der Waals surface area contributed by atoms with Crippen LogP contribution >= 0.6 is 0 Å². The molecule has 0 aliphatic heterocycles. The molecule has 2 unspecified atom stereocenters. The molecular formula is C10H19NO3. The molecule has 0 heterocycles. The summed E-state index contributed by atoms with van der Waals surface area (Å²) in [7, 11) is 0. The van der Waals surface area contributed by atoms with Crippen LogP contribution in [0.25, 0.3) is 0 Å². The summed E-state index contributed by atoms with van der Waals surface area (Å²) in [5.41, 5.74) is 5.64. The molecule has 4 heteroatoms. The lowest BCUT2D eigenvalue weighted by Gasteiger charge is -2.18. The Morgan fingerprint density at radius 2 is 2.00 bits per heavy atom. The summed E-state index contributed by atoms with van der Waals surface area (Å²) in [4.78, 5) is 21.8. The average Bonchev–Trinajstić information content (AvgIpc) is 2.23. The Morgan fingerprint density at radius 3 is 2.36 bits per heavy atom. The number of rotatable bonds is 6. The van der Waals surface area contributed by atoms with Crippen molar-refractivity contribution in [3.05, 3.63) is 0 Å². The Labute approximate surface area is 84.8 Å². The van der Waals surface area contributed by atoms with E-state index in [1.807, 2.05) is 13.8 Å². The van der Waals surface area contributed by atoms with Gasteiger partial charge in [0.25, 0.3) is 0 Å². The third kappa shape index (κ3) is 3.87. The molecule has 0 aromatic carbocycles. The van der Waals surface area contributed by atoms with Crippen molar-refractivity contribution in [2.45, 2.75) is 45.8 Å². The third-order valence-electron chi connectivity index (χ3n) is 2.35. The highest BCUT2D eigenvalue weighted by atomic mass is 16.5. The fourth-order valence-corrected chi connectivity index (χ4v) is 0.921. The second kappa shape index (κ2) is 6.54. The van der Waals surface area contributed by atoms with E-state index in [0.717, 1.165) is 6.42 Å². The molecule has 0 aromatic rings. The molecule has 82 valence electrons. The average molecular weight is 201 g/mol. The number of esters is 1. The molecule has 0 rings (SSSR count). The van der Waals surface area contributed by atoms with E-state index in [4.69, 9.17) is 10.5 Å². The summed E-state index contributed by atoms with van der Waals surface area (Å²) in [6, 6.07) is -0.631. The van der Waals surface area contributed by atoms with E-state index in [2.05, 4.69) is 0 Å². The monoisotopic (exact) mass is 201 g/mol. The van der Waals surface area contributed by atoms with E-state index >= 15 is 0 Å². The number of ether oxygens (including phenoxy) is 1. The first kappa shape index (κ1) is 13.1. The quantitative estimate of drug-likeness (QED) is 0.511. The van der Waals surface area contributed by atoms with Crippen LogP contribution in [0.4, 0.5) is 0 Å². The summed E-state index contributed by atoms with van der Waals surface area (Å²) >= 11 is 0. The predicted molar refractivity (Wildman–Crippen MR) is 53.7 cm³/mol. The zero-order chi connectivity index (χ0) is 11.1. The molecule has 0 aliphatic rings. The van der Waals surface area contributed by atoms with Crippen molar-refractivity contribution in [1.29, 1.82) is 0 Å². The molecule has 0 radical (unpaired) electrons. The van der Waals surface area contributed by atoms with Crippen molar-refractivity contribution in [1.82, 2.24) is 0 Å². The largest absolute Gasteiger partial charge is 0.454 e. The highest BCUT2D eigenvalue weighted by molar-refractivity contribution is 5.77. The first-order chi connectivity index (χ1) is 6.56. The number of carbonyl (C=O) groups is 2. The van der Waals surface area contributed by atoms with Gasteiger partial charge in [-0.15, -0.1) is 0 Å². The van der Waals surface area contributed by atoms with Gasteiger partial charge in [0.1, 0.15) is 6.04 Å². The van der Waals surface area contributed by atoms with Gasteiger partial charge in [0, 0.05) is 0 Å². The van der Waals surface area contributed by atoms with Gasteiger partial charge in [-0.1, -0.05) is 27.2 Å². The van der Waals surface area contributed by atoms with Crippen LogP contribution < -0.4 is 5.73 Å². The standard InChI is InChI=1S/C10H19NO3/c1-4-7(3)9(11)10(13)14-8(5-2)6-12/h6-9H,4-5,11H2,1-3H3/t7?,8?,9-/m0/s1. The summed E-state index contributed by atoms with van der Waals surface area (Å²) in [6.07, 6.45) is 1.27. The number of nitrogens with two attached hydrogens (primary N) is 1. The predicted octanol–water partition coefficient (Wildman–Crippen LogP) is 0.880. The van der Waals surface area contributed by atoms with Crippen molar-refractivity contribution >= 4 is 12.3 Å². The fraction of sp³-hybridized carbons (Fsp3) is 0.800. The van der Waals surface area contributed by atoms with Crippen LogP contribution in [-0.2, 0) is 14.3 Å². The maximum atomic E-state index is 11.4. The highest BCUT2D eigenvalue weighted by Gasteiger charge is 2.23. The smallest absolute Gasteiger partial charge is 0.323 e. The normalized spacial score (nSPS) is 16.9. The molecule has 4 nitrogen and oxygen atoms in total. The lowest BCUT2D eigenvalue weighted by Crippen LogP contribution is -2.40. The lowest BCUT2D eigenvalue weighted by atomic mass is 10.0. The second-order valence-electron chi connectivity index (χ2n) is 3.43. The van der Waals surface area contributed by atoms with Gasteiger partial charge < -0.3 is 10.5 Å². The van der Waals surface area contributed by atoms with Crippen LogP contribution in [0, 0.1) is 5.92 Å². The minimum absolute atomic E-state index is 0.0756. The molecule has 0 aromatic heterocycles. The second-order valence-corrected chi connectivity index (χ2v) is 3.43. The van der Waals surface area contributed by atoms with E-state index < -0.39 is 18.1 Å². The van der Waals surface area contributed by atoms with Crippen LogP contribution in [0.1, 0.15) is 33.6 Å². The van der Waals surface area contributed by atoms with Gasteiger partial charge in [0.2, 0.25) is 0 Å². The summed E-state index contributed by atoms with van der Waals surface area (Å²) in [5, 5.41) is 0. The fourth-order valence-electron chi connectivity index (χ4n) is 0.921. The zero-order valence-electron chi connectivity index (χ0n) is 9.03. The first-order valence-electron chi connectivity index (χ1n) is 4.98. The first-order valence-corrected chi connectivity index (χ1v) is 4.98.